The van der Waals surface area contributed by atoms with E-state index in [0.29, 0.717) is 5.02 Å². The van der Waals surface area contributed by atoms with Gasteiger partial charge in [-0.3, -0.25) is 0 Å². The largest absolute Gasteiger partial charge is 0.218 e. The summed E-state index contributed by atoms with van der Waals surface area (Å²) in [6.07, 6.45) is 0. The molecule has 0 aromatic heterocycles. The predicted molar refractivity (Wildman–Crippen MR) is 68.3 cm³/mol. The zero-order chi connectivity index (χ0) is 13.3. The maximum atomic E-state index is 13.5. The van der Waals surface area contributed by atoms with Gasteiger partial charge in [0, 0.05) is 5.02 Å². The molecule has 0 aliphatic rings. The molecule has 2 aromatic carbocycles. The molecular weight excluding hydrogens is 298 g/mol. The summed E-state index contributed by atoms with van der Waals surface area (Å²) >= 11 is 11.5. The quantitative estimate of drug-likeness (QED) is 0.841. The molecule has 0 N–H and O–H groups in total. The van der Waals surface area contributed by atoms with Crippen molar-refractivity contribution in [2.45, 2.75) is 9.79 Å². The zero-order valence-corrected chi connectivity index (χ0v) is 11.2. The van der Waals surface area contributed by atoms with Crippen molar-refractivity contribution in [2.75, 3.05) is 0 Å². The second-order valence-electron chi connectivity index (χ2n) is 3.51. The third-order valence-corrected chi connectivity index (χ3v) is 4.81. The molecule has 2 aromatic rings. The lowest BCUT2D eigenvalue weighted by molar-refractivity contribution is 0.567. The first kappa shape index (κ1) is 13.3. The van der Waals surface area contributed by atoms with Gasteiger partial charge in [-0.15, -0.1) is 0 Å². The molecule has 0 unspecified atom stereocenters. The molecule has 2 nitrogen and oxygen atoms in total. The molecule has 0 spiro atoms. The van der Waals surface area contributed by atoms with Crippen LogP contribution in [-0.4, -0.2) is 8.42 Å². The highest BCUT2D eigenvalue weighted by molar-refractivity contribution is 7.91. The second-order valence-corrected chi connectivity index (χ2v) is 6.24. The predicted octanol–water partition coefficient (Wildman–Crippen LogP) is 3.97. The highest BCUT2D eigenvalue weighted by Gasteiger charge is 2.23. The Bertz CT molecular complexity index is 699. The van der Waals surface area contributed by atoms with E-state index in [0.717, 1.165) is 6.07 Å². The summed E-state index contributed by atoms with van der Waals surface area (Å²) in [6, 6.07) is 9.08. The van der Waals surface area contributed by atoms with Crippen LogP contribution in [0.15, 0.2) is 52.3 Å². The summed E-state index contributed by atoms with van der Waals surface area (Å²) in [5.41, 5.74) is 0. The molecule has 0 saturated heterocycles. The Balaban J connectivity index is 2.66. The minimum Gasteiger partial charge on any atom is -0.218 e. The van der Waals surface area contributed by atoms with Crippen molar-refractivity contribution < 1.29 is 12.8 Å². The van der Waals surface area contributed by atoms with Crippen molar-refractivity contribution in [2.24, 2.45) is 0 Å². The number of rotatable bonds is 2. The summed E-state index contributed by atoms with van der Waals surface area (Å²) in [7, 11) is -3.98. The van der Waals surface area contributed by atoms with Crippen molar-refractivity contribution >= 4 is 33.0 Å². The fourth-order valence-corrected chi connectivity index (χ4v) is 3.57. The van der Waals surface area contributed by atoms with Crippen LogP contribution in [0.1, 0.15) is 0 Å². The molecule has 0 heterocycles. The van der Waals surface area contributed by atoms with Gasteiger partial charge in [-0.25, -0.2) is 12.8 Å². The first-order valence-corrected chi connectivity index (χ1v) is 7.11. The van der Waals surface area contributed by atoms with Crippen LogP contribution in [0, 0.1) is 5.82 Å². The molecule has 0 atom stereocenters. The van der Waals surface area contributed by atoms with Gasteiger partial charge in [0.1, 0.15) is 10.7 Å². The fourth-order valence-electron chi connectivity index (χ4n) is 1.47. The maximum Gasteiger partial charge on any atom is 0.210 e. The van der Waals surface area contributed by atoms with E-state index >= 15 is 0 Å². The van der Waals surface area contributed by atoms with Crippen LogP contribution in [0.5, 0.6) is 0 Å². The standard InChI is InChI=1S/C12H7Cl2FO2S/c13-8-5-6-11(9(14)7-8)18(16,17)12-4-2-1-3-10(12)15/h1-7H. The molecule has 6 heteroatoms. The van der Waals surface area contributed by atoms with Gasteiger partial charge in [0.25, 0.3) is 0 Å². The number of sulfone groups is 1. The van der Waals surface area contributed by atoms with Crippen LogP contribution in [-0.2, 0) is 9.84 Å². The Morgan fingerprint density at radius 3 is 2.22 bits per heavy atom. The minimum absolute atomic E-state index is 0.0363. The molecule has 2 rings (SSSR count). The van der Waals surface area contributed by atoms with Gasteiger partial charge < -0.3 is 0 Å². The Labute approximate surface area is 114 Å². The molecule has 0 aliphatic carbocycles. The molecule has 0 amide bonds. The minimum atomic E-state index is -3.98. The van der Waals surface area contributed by atoms with Gasteiger partial charge in [0.05, 0.1) is 9.92 Å². The normalized spacial score (nSPS) is 11.5. The summed E-state index contributed by atoms with van der Waals surface area (Å²) in [5.74, 6) is -0.816. The van der Waals surface area contributed by atoms with Crippen molar-refractivity contribution in [3.05, 3.63) is 58.3 Å². The molecule has 0 aliphatic heterocycles. The van der Waals surface area contributed by atoms with E-state index in [1.165, 1.54) is 36.4 Å². The van der Waals surface area contributed by atoms with Gasteiger partial charge in [0.15, 0.2) is 0 Å². The van der Waals surface area contributed by atoms with Crippen molar-refractivity contribution in [3.63, 3.8) is 0 Å². The van der Waals surface area contributed by atoms with Crippen LogP contribution in [0.3, 0.4) is 0 Å². The lowest BCUT2D eigenvalue weighted by Crippen LogP contribution is -2.05. The van der Waals surface area contributed by atoms with Gasteiger partial charge in [-0.05, 0) is 30.3 Å². The number of hydrogen-bond acceptors (Lipinski definition) is 2. The second kappa shape index (κ2) is 4.88. The van der Waals surface area contributed by atoms with E-state index in [1.807, 2.05) is 0 Å². The molecule has 0 fully saturated rings. The first-order valence-electron chi connectivity index (χ1n) is 4.87. The van der Waals surface area contributed by atoms with Crippen LogP contribution in [0.4, 0.5) is 4.39 Å². The van der Waals surface area contributed by atoms with E-state index in [4.69, 9.17) is 23.2 Å². The number of benzene rings is 2. The third kappa shape index (κ3) is 2.36. The summed E-state index contributed by atoms with van der Waals surface area (Å²) in [5, 5.41) is 0.276. The molecule has 0 radical (unpaired) electrons. The van der Waals surface area contributed by atoms with Crippen molar-refractivity contribution in [1.29, 1.82) is 0 Å². The summed E-state index contributed by atoms with van der Waals surface area (Å²) < 4.78 is 38.0. The average molecular weight is 305 g/mol. The Morgan fingerprint density at radius 2 is 1.61 bits per heavy atom. The smallest absolute Gasteiger partial charge is 0.210 e. The summed E-state index contributed by atoms with van der Waals surface area (Å²) in [6.45, 7) is 0. The topological polar surface area (TPSA) is 34.1 Å². The lowest BCUT2D eigenvalue weighted by atomic mass is 10.3. The van der Waals surface area contributed by atoms with Crippen LogP contribution in [0.2, 0.25) is 10.0 Å². The van der Waals surface area contributed by atoms with E-state index in [1.54, 1.807) is 0 Å². The lowest BCUT2D eigenvalue weighted by Gasteiger charge is -2.07. The van der Waals surface area contributed by atoms with Gasteiger partial charge in [-0.1, -0.05) is 35.3 Å². The van der Waals surface area contributed by atoms with Gasteiger partial charge in [-0.2, -0.15) is 0 Å². The highest BCUT2D eigenvalue weighted by Crippen LogP contribution is 2.30. The van der Waals surface area contributed by atoms with Crippen LogP contribution >= 0.6 is 23.2 Å². The van der Waals surface area contributed by atoms with E-state index in [9.17, 15) is 12.8 Å². The Kier molecular flexibility index (Phi) is 3.61. The fraction of sp³-hybridized carbons (Fsp3) is 0. The zero-order valence-electron chi connectivity index (χ0n) is 8.90. The van der Waals surface area contributed by atoms with Crippen molar-refractivity contribution in [1.82, 2.24) is 0 Å². The van der Waals surface area contributed by atoms with E-state index < -0.39 is 20.5 Å². The number of hydrogen-bond donors (Lipinski definition) is 0. The average Bonchev–Trinajstić information content (AvgIpc) is 2.28. The molecule has 18 heavy (non-hydrogen) atoms. The van der Waals surface area contributed by atoms with Gasteiger partial charge in [0.2, 0.25) is 9.84 Å². The SMILES string of the molecule is O=S(=O)(c1ccccc1F)c1ccc(Cl)cc1Cl. The van der Waals surface area contributed by atoms with E-state index in [-0.39, 0.29) is 9.92 Å². The first-order chi connectivity index (χ1) is 8.43. The van der Waals surface area contributed by atoms with Crippen molar-refractivity contribution in [3.8, 4) is 0 Å². The Morgan fingerprint density at radius 1 is 0.944 bits per heavy atom. The highest BCUT2D eigenvalue weighted by atomic mass is 35.5. The van der Waals surface area contributed by atoms with Crippen LogP contribution < -0.4 is 0 Å². The third-order valence-electron chi connectivity index (χ3n) is 2.31. The van der Waals surface area contributed by atoms with Gasteiger partial charge >= 0.3 is 0 Å². The number of halogens is 3. The molecule has 0 saturated carbocycles. The van der Waals surface area contributed by atoms with Crippen LogP contribution in [0.25, 0.3) is 0 Å². The monoisotopic (exact) mass is 304 g/mol. The Hall–Kier alpha value is -1.10. The maximum absolute atomic E-state index is 13.5. The summed E-state index contributed by atoms with van der Waals surface area (Å²) in [4.78, 5) is -0.576. The molecule has 0 bridgehead atoms. The molecular formula is C12H7Cl2FO2S. The molecule has 94 valence electrons. The van der Waals surface area contributed by atoms with E-state index in [2.05, 4.69) is 0 Å².